The number of carboxylic acids is 1. The van der Waals surface area contributed by atoms with Crippen molar-refractivity contribution in [3.05, 3.63) is 29.8 Å². The molecular formula is C17H24N2O5S. The van der Waals surface area contributed by atoms with Crippen molar-refractivity contribution in [3.8, 4) is 0 Å². The van der Waals surface area contributed by atoms with E-state index in [0.717, 1.165) is 37.0 Å². The summed E-state index contributed by atoms with van der Waals surface area (Å²) in [6.07, 6.45) is 4.85. The predicted molar refractivity (Wildman–Crippen MR) is 92.9 cm³/mol. The van der Waals surface area contributed by atoms with Crippen molar-refractivity contribution >= 4 is 21.9 Å². The van der Waals surface area contributed by atoms with E-state index in [2.05, 4.69) is 0 Å². The lowest BCUT2D eigenvalue weighted by atomic mass is 9.96. The molecule has 1 fully saturated rings. The minimum absolute atomic E-state index is 0.0206. The normalized spacial score (nSPS) is 16.0. The number of rotatable bonds is 6. The van der Waals surface area contributed by atoms with E-state index in [1.165, 1.54) is 35.6 Å². The molecule has 1 saturated carbocycles. The van der Waals surface area contributed by atoms with E-state index in [9.17, 15) is 18.0 Å². The van der Waals surface area contributed by atoms with Crippen LogP contribution in [-0.2, 0) is 14.8 Å². The van der Waals surface area contributed by atoms with Gasteiger partial charge in [0.1, 0.15) is 6.54 Å². The molecular weight excluding hydrogens is 344 g/mol. The summed E-state index contributed by atoms with van der Waals surface area (Å²) in [5.74, 6) is -1.66. The summed E-state index contributed by atoms with van der Waals surface area (Å²) in [5.41, 5.74) is 0.155. The van der Waals surface area contributed by atoms with Crippen LogP contribution in [0.2, 0.25) is 0 Å². The molecule has 1 amide bonds. The number of hydrogen-bond acceptors (Lipinski definition) is 4. The smallest absolute Gasteiger partial charge is 0.323 e. The van der Waals surface area contributed by atoms with Crippen LogP contribution >= 0.6 is 0 Å². The molecule has 0 aliphatic heterocycles. The molecule has 0 saturated heterocycles. The molecule has 1 aliphatic carbocycles. The van der Waals surface area contributed by atoms with Gasteiger partial charge in [-0.05, 0) is 31.0 Å². The summed E-state index contributed by atoms with van der Waals surface area (Å²) in [7, 11) is -0.751. The van der Waals surface area contributed by atoms with Crippen molar-refractivity contribution in [1.29, 1.82) is 0 Å². The Hall–Kier alpha value is -1.93. The minimum atomic E-state index is -3.70. The van der Waals surface area contributed by atoms with Crippen LogP contribution in [0, 0.1) is 0 Å². The van der Waals surface area contributed by atoms with Crippen molar-refractivity contribution in [2.45, 2.75) is 43.0 Å². The third-order valence-electron chi connectivity index (χ3n) is 4.57. The fraction of sp³-hybridized carbons (Fsp3) is 0.529. The van der Waals surface area contributed by atoms with Gasteiger partial charge in [0.2, 0.25) is 10.0 Å². The van der Waals surface area contributed by atoms with Crippen molar-refractivity contribution < 1.29 is 23.1 Å². The minimum Gasteiger partial charge on any atom is -0.480 e. The highest BCUT2D eigenvalue weighted by atomic mass is 32.2. The fourth-order valence-electron chi connectivity index (χ4n) is 3.09. The Labute approximate surface area is 148 Å². The summed E-state index contributed by atoms with van der Waals surface area (Å²) in [6.45, 7) is -0.447. The Balaban J connectivity index is 2.24. The first kappa shape index (κ1) is 19.4. The molecule has 1 aliphatic rings. The quantitative estimate of drug-likeness (QED) is 0.826. The lowest BCUT2D eigenvalue weighted by Crippen LogP contribution is -2.38. The number of carboxylic acid groups (broad SMARTS) is 1. The fourth-order valence-corrected chi connectivity index (χ4v) is 4.55. The number of carbonyl (C=O) groups excluding carboxylic acids is 1. The van der Waals surface area contributed by atoms with Gasteiger partial charge in [-0.3, -0.25) is 9.59 Å². The lowest BCUT2D eigenvalue weighted by molar-refractivity contribution is -0.137. The van der Waals surface area contributed by atoms with E-state index in [4.69, 9.17) is 5.11 Å². The second-order valence-electron chi connectivity index (χ2n) is 6.40. The Morgan fingerprint density at radius 3 is 2.40 bits per heavy atom. The van der Waals surface area contributed by atoms with Crippen LogP contribution in [-0.4, -0.2) is 61.3 Å². The highest BCUT2D eigenvalue weighted by Crippen LogP contribution is 2.26. The molecule has 138 valence electrons. The van der Waals surface area contributed by atoms with Crippen LogP contribution in [0.5, 0.6) is 0 Å². The Bertz CT molecular complexity index is 741. The number of nitrogens with zero attached hydrogens (tertiary/aromatic N) is 2. The van der Waals surface area contributed by atoms with E-state index in [-0.39, 0.29) is 16.5 Å². The number of carbonyl (C=O) groups is 2. The molecule has 0 spiro atoms. The molecule has 0 radical (unpaired) electrons. The van der Waals surface area contributed by atoms with Crippen LogP contribution in [0.4, 0.5) is 0 Å². The Morgan fingerprint density at radius 2 is 1.80 bits per heavy atom. The number of likely N-dealkylation sites (N-methyl/N-ethyl adjacent to an activating group) is 1. The monoisotopic (exact) mass is 368 g/mol. The van der Waals surface area contributed by atoms with Gasteiger partial charge in [0.15, 0.2) is 0 Å². The molecule has 0 unspecified atom stereocenters. The maximum atomic E-state index is 12.9. The molecule has 7 nitrogen and oxygen atoms in total. The maximum Gasteiger partial charge on any atom is 0.323 e. The van der Waals surface area contributed by atoms with Crippen LogP contribution in [0.1, 0.15) is 42.5 Å². The van der Waals surface area contributed by atoms with Gasteiger partial charge in [0.25, 0.3) is 5.91 Å². The zero-order valence-electron chi connectivity index (χ0n) is 14.5. The summed E-state index contributed by atoms with van der Waals surface area (Å²) < 4.78 is 27.1. The van der Waals surface area contributed by atoms with Crippen molar-refractivity contribution in [1.82, 2.24) is 9.21 Å². The summed E-state index contributed by atoms with van der Waals surface area (Å²) in [4.78, 5) is 24.1. The lowest BCUT2D eigenvalue weighted by Gasteiger charge is -2.30. The SMILES string of the molecule is CN(CC(=O)O)C(=O)c1cccc(S(=O)(=O)N(C)C2CCCCC2)c1. The van der Waals surface area contributed by atoms with Gasteiger partial charge in [0.05, 0.1) is 4.90 Å². The topological polar surface area (TPSA) is 95.0 Å². The number of hydrogen-bond donors (Lipinski definition) is 1. The zero-order chi connectivity index (χ0) is 18.6. The molecule has 0 bridgehead atoms. The molecule has 25 heavy (non-hydrogen) atoms. The van der Waals surface area contributed by atoms with Crippen LogP contribution < -0.4 is 0 Å². The summed E-state index contributed by atoms with van der Waals surface area (Å²) in [6, 6.07) is 5.75. The molecule has 0 atom stereocenters. The standard InChI is InChI=1S/C17H24N2O5S/c1-18(12-16(20)21)17(22)13-7-6-10-15(11-13)25(23,24)19(2)14-8-4-3-5-9-14/h6-7,10-11,14H,3-5,8-9,12H2,1-2H3,(H,20,21). The average Bonchev–Trinajstić information content (AvgIpc) is 2.60. The summed E-state index contributed by atoms with van der Waals surface area (Å²) >= 11 is 0. The highest BCUT2D eigenvalue weighted by molar-refractivity contribution is 7.89. The first-order chi connectivity index (χ1) is 11.7. The molecule has 2 rings (SSSR count). The number of benzene rings is 1. The van der Waals surface area contributed by atoms with Gasteiger partial charge in [-0.1, -0.05) is 25.3 Å². The third-order valence-corrected chi connectivity index (χ3v) is 6.47. The number of amides is 1. The van der Waals surface area contributed by atoms with E-state index in [0.29, 0.717) is 0 Å². The van der Waals surface area contributed by atoms with Gasteiger partial charge in [-0.25, -0.2) is 8.42 Å². The second-order valence-corrected chi connectivity index (χ2v) is 8.39. The van der Waals surface area contributed by atoms with Crippen LogP contribution in [0.15, 0.2) is 29.2 Å². The van der Waals surface area contributed by atoms with Gasteiger partial charge in [0, 0.05) is 25.7 Å². The molecule has 0 heterocycles. The highest BCUT2D eigenvalue weighted by Gasteiger charge is 2.29. The van der Waals surface area contributed by atoms with Crippen molar-refractivity contribution in [2.75, 3.05) is 20.6 Å². The second kappa shape index (κ2) is 7.97. The zero-order valence-corrected chi connectivity index (χ0v) is 15.3. The van der Waals surface area contributed by atoms with E-state index in [1.807, 2.05) is 0 Å². The summed E-state index contributed by atoms with van der Waals surface area (Å²) in [5, 5.41) is 8.78. The van der Waals surface area contributed by atoms with Gasteiger partial charge in [-0.15, -0.1) is 0 Å². The molecule has 0 aromatic heterocycles. The van der Waals surface area contributed by atoms with E-state index in [1.54, 1.807) is 7.05 Å². The van der Waals surface area contributed by atoms with E-state index >= 15 is 0 Å². The largest absolute Gasteiger partial charge is 0.480 e. The molecule has 8 heteroatoms. The third kappa shape index (κ3) is 4.58. The van der Waals surface area contributed by atoms with Crippen molar-refractivity contribution in [2.24, 2.45) is 0 Å². The predicted octanol–water partition coefficient (Wildman–Crippen LogP) is 1.80. The van der Waals surface area contributed by atoms with Gasteiger partial charge < -0.3 is 10.0 Å². The Kier molecular flexibility index (Phi) is 6.18. The molecule has 1 aromatic rings. The van der Waals surface area contributed by atoms with Gasteiger partial charge >= 0.3 is 5.97 Å². The van der Waals surface area contributed by atoms with E-state index < -0.39 is 28.4 Å². The van der Waals surface area contributed by atoms with Crippen LogP contribution in [0.3, 0.4) is 0 Å². The average molecular weight is 368 g/mol. The first-order valence-corrected chi connectivity index (χ1v) is 9.73. The van der Waals surface area contributed by atoms with Crippen molar-refractivity contribution in [3.63, 3.8) is 0 Å². The van der Waals surface area contributed by atoms with Crippen LogP contribution in [0.25, 0.3) is 0 Å². The number of sulfonamides is 1. The Morgan fingerprint density at radius 1 is 1.16 bits per heavy atom. The molecule has 1 N–H and O–H groups in total. The van der Waals surface area contributed by atoms with Gasteiger partial charge in [-0.2, -0.15) is 4.31 Å². The molecule has 1 aromatic carbocycles. The maximum absolute atomic E-state index is 12.9. The first-order valence-electron chi connectivity index (χ1n) is 8.29. The number of aliphatic carboxylic acids is 1.